The van der Waals surface area contributed by atoms with Crippen molar-refractivity contribution in [3.63, 3.8) is 0 Å². The Kier molecular flexibility index (Phi) is 7.48. The number of nitrogens with one attached hydrogen (secondary N) is 1. The van der Waals surface area contributed by atoms with Gasteiger partial charge in [0, 0.05) is 19.5 Å². The first kappa shape index (κ1) is 14.1. The van der Waals surface area contributed by atoms with Crippen molar-refractivity contribution < 1.29 is 18.3 Å². The molecule has 1 unspecified atom stereocenters. The number of hydrogen-bond donors (Lipinski definition) is 2. The highest BCUT2D eigenvalue weighted by Gasteiger charge is 2.11. The molecule has 0 radical (unpaired) electrons. The summed E-state index contributed by atoms with van der Waals surface area (Å²) < 4.78 is 29.3. The summed E-state index contributed by atoms with van der Waals surface area (Å²) in [6, 6.07) is 0. The molecule has 14 heavy (non-hydrogen) atoms. The molecule has 0 fully saturated rings. The molecule has 0 aromatic heterocycles. The van der Waals surface area contributed by atoms with Gasteiger partial charge in [-0.25, -0.2) is 13.1 Å². The Morgan fingerprint density at radius 1 is 1.57 bits per heavy atom. The third kappa shape index (κ3) is 7.52. The van der Waals surface area contributed by atoms with E-state index >= 15 is 0 Å². The van der Waals surface area contributed by atoms with Crippen molar-refractivity contribution in [3.8, 4) is 0 Å². The number of aliphatic hydroxyl groups is 1. The normalized spacial score (nSPS) is 14.2. The SMILES string of the molecule is COCC(O)CNS(=O)(=O)CCCCl. The predicted molar refractivity (Wildman–Crippen MR) is 55.0 cm³/mol. The van der Waals surface area contributed by atoms with Crippen LogP contribution in [-0.2, 0) is 14.8 Å². The van der Waals surface area contributed by atoms with Gasteiger partial charge < -0.3 is 9.84 Å². The van der Waals surface area contributed by atoms with Gasteiger partial charge in [-0.2, -0.15) is 0 Å². The largest absolute Gasteiger partial charge is 0.389 e. The van der Waals surface area contributed by atoms with Crippen LogP contribution in [0.25, 0.3) is 0 Å². The number of sulfonamides is 1. The summed E-state index contributed by atoms with van der Waals surface area (Å²) in [5.74, 6) is 0.289. The Bertz CT molecular complexity index is 232. The van der Waals surface area contributed by atoms with E-state index in [1.54, 1.807) is 0 Å². The zero-order valence-corrected chi connectivity index (χ0v) is 9.64. The maximum Gasteiger partial charge on any atom is 0.211 e. The number of ether oxygens (including phenoxy) is 1. The van der Waals surface area contributed by atoms with Crippen LogP contribution in [-0.4, -0.2) is 51.5 Å². The smallest absolute Gasteiger partial charge is 0.211 e. The Morgan fingerprint density at radius 2 is 2.21 bits per heavy atom. The quantitative estimate of drug-likeness (QED) is 0.568. The van der Waals surface area contributed by atoms with Crippen LogP contribution in [0.1, 0.15) is 6.42 Å². The number of methoxy groups -OCH3 is 1. The highest BCUT2D eigenvalue weighted by molar-refractivity contribution is 7.89. The van der Waals surface area contributed by atoms with Crippen molar-refractivity contribution in [1.29, 1.82) is 0 Å². The fourth-order valence-electron chi connectivity index (χ4n) is 0.791. The molecule has 0 saturated heterocycles. The summed E-state index contributed by atoms with van der Waals surface area (Å²) >= 11 is 5.36. The second-order valence-corrected chi connectivity index (χ2v) is 5.12. The highest BCUT2D eigenvalue weighted by atomic mass is 35.5. The monoisotopic (exact) mass is 245 g/mol. The van der Waals surface area contributed by atoms with Gasteiger partial charge in [0.05, 0.1) is 18.5 Å². The van der Waals surface area contributed by atoms with Gasteiger partial charge in [-0.15, -0.1) is 11.6 Å². The fourth-order valence-corrected chi connectivity index (χ4v) is 2.20. The predicted octanol–water partition coefficient (Wildman–Crippen LogP) is -0.458. The molecular formula is C7H16ClNO4S. The zero-order valence-electron chi connectivity index (χ0n) is 8.07. The van der Waals surface area contributed by atoms with Crippen LogP contribution in [0.3, 0.4) is 0 Å². The Hall–Kier alpha value is 0.120. The van der Waals surface area contributed by atoms with Gasteiger partial charge in [0.25, 0.3) is 0 Å². The molecule has 2 N–H and O–H groups in total. The molecular weight excluding hydrogens is 230 g/mol. The minimum absolute atomic E-state index is 0.0177. The van der Waals surface area contributed by atoms with Crippen molar-refractivity contribution >= 4 is 21.6 Å². The van der Waals surface area contributed by atoms with Crippen LogP contribution < -0.4 is 4.72 Å². The molecule has 0 saturated carbocycles. The van der Waals surface area contributed by atoms with Crippen molar-refractivity contribution in [2.45, 2.75) is 12.5 Å². The number of rotatable bonds is 8. The van der Waals surface area contributed by atoms with E-state index < -0.39 is 16.1 Å². The Morgan fingerprint density at radius 3 is 2.71 bits per heavy atom. The lowest BCUT2D eigenvalue weighted by molar-refractivity contribution is 0.0679. The first-order chi connectivity index (χ1) is 6.52. The topological polar surface area (TPSA) is 75.6 Å². The number of alkyl halides is 1. The van der Waals surface area contributed by atoms with Crippen LogP contribution >= 0.6 is 11.6 Å². The van der Waals surface area contributed by atoms with Crippen LogP contribution in [0.4, 0.5) is 0 Å². The van der Waals surface area contributed by atoms with Crippen molar-refractivity contribution in [2.75, 3.05) is 31.9 Å². The zero-order chi connectivity index (χ0) is 11.0. The van der Waals surface area contributed by atoms with E-state index in [-0.39, 0.29) is 18.9 Å². The molecule has 7 heteroatoms. The first-order valence-electron chi connectivity index (χ1n) is 4.22. The third-order valence-electron chi connectivity index (χ3n) is 1.44. The minimum Gasteiger partial charge on any atom is -0.389 e. The number of aliphatic hydroxyl groups excluding tert-OH is 1. The molecule has 0 rings (SSSR count). The molecule has 5 nitrogen and oxygen atoms in total. The molecule has 0 aromatic carbocycles. The summed E-state index contributed by atoms with van der Waals surface area (Å²) in [6.45, 7) is 0.0798. The van der Waals surface area contributed by atoms with E-state index in [1.165, 1.54) is 7.11 Å². The first-order valence-corrected chi connectivity index (χ1v) is 6.41. The molecule has 86 valence electrons. The molecule has 0 aromatic rings. The van der Waals surface area contributed by atoms with Gasteiger partial charge in [0.15, 0.2) is 0 Å². The molecule has 0 amide bonds. The van der Waals surface area contributed by atoms with Crippen molar-refractivity contribution in [1.82, 2.24) is 4.72 Å². The van der Waals surface area contributed by atoms with Crippen LogP contribution in [0, 0.1) is 0 Å². The average Bonchev–Trinajstić information content (AvgIpc) is 2.13. The maximum absolute atomic E-state index is 11.2. The van der Waals surface area contributed by atoms with Gasteiger partial charge in [-0.1, -0.05) is 0 Å². The summed E-state index contributed by atoms with van der Waals surface area (Å²) in [7, 11) is -1.87. The van der Waals surface area contributed by atoms with E-state index in [4.69, 9.17) is 16.7 Å². The molecule has 0 aliphatic rings. The second-order valence-electron chi connectivity index (χ2n) is 2.82. The lowest BCUT2D eigenvalue weighted by atomic mass is 10.4. The van der Waals surface area contributed by atoms with E-state index in [0.717, 1.165) is 0 Å². The van der Waals surface area contributed by atoms with E-state index in [9.17, 15) is 8.42 Å². The number of hydrogen-bond acceptors (Lipinski definition) is 4. The molecule has 0 spiro atoms. The Balaban J connectivity index is 3.75. The Labute approximate surface area is 89.5 Å². The molecule has 0 aliphatic heterocycles. The van der Waals surface area contributed by atoms with Crippen molar-refractivity contribution in [3.05, 3.63) is 0 Å². The van der Waals surface area contributed by atoms with Crippen molar-refractivity contribution in [2.24, 2.45) is 0 Å². The van der Waals surface area contributed by atoms with Gasteiger partial charge in [-0.3, -0.25) is 0 Å². The average molecular weight is 246 g/mol. The molecule has 0 heterocycles. The summed E-state index contributed by atoms with van der Waals surface area (Å²) in [4.78, 5) is 0. The van der Waals surface area contributed by atoms with E-state index in [0.29, 0.717) is 12.3 Å². The summed E-state index contributed by atoms with van der Waals surface area (Å²) in [5.41, 5.74) is 0. The summed E-state index contributed by atoms with van der Waals surface area (Å²) in [6.07, 6.45) is -0.414. The van der Waals surface area contributed by atoms with Gasteiger partial charge in [-0.05, 0) is 6.42 Å². The second kappa shape index (κ2) is 7.42. The third-order valence-corrected chi connectivity index (χ3v) is 3.14. The maximum atomic E-state index is 11.2. The minimum atomic E-state index is -3.31. The standard InChI is InChI=1S/C7H16ClNO4S/c1-13-6-7(10)5-9-14(11,12)4-2-3-8/h7,9-10H,2-6H2,1H3. The van der Waals surface area contributed by atoms with Crippen LogP contribution in [0.5, 0.6) is 0 Å². The van der Waals surface area contributed by atoms with Gasteiger partial charge >= 0.3 is 0 Å². The summed E-state index contributed by atoms with van der Waals surface area (Å²) in [5, 5.41) is 9.16. The lowest BCUT2D eigenvalue weighted by Crippen LogP contribution is -2.35. The molecule has 0 aliphatic carbocycles. The van der Waals surface area contributed by atoms with E-state index in [2.05, 4.69) is 9.46 Å². The molecule has 0 bridgehead atoms. The number of halogens is 1. The van der Waals surface area contributed by atoms with Gasteiger partial charge in [0.2, 0.25) is 10.0 Å². The molecule has 1 atom stereocenters. The van der Waals surface area contributed by atoms with Gasteiger partial charge in [0.1, 0.15) is 0 Å². The fraction of sp³-hybridized carbons (Fsp3) is 1.00. The highest BCUT2D eigenvalue weighted by Crippen LogP contribution is 1.92. The van der Waals surface area contributed by atoms with Crippen LogP contribution in [0.15, 0.2) is 0 Å². The van der Waals surface area contributed by atoms with Crippen LogP contribution in [0.2, 0.25) is 0 Å². The van der Waals surface area contributed by atoms with E-state index in [1.807, 2.05) is 0 Å². The lowest BCUT2D eigenvalue weighted by Gasteiger charge is -2.10.